The van der Waals surface area contributed by atoms with Gasteiger partial charge in [-0.1, -0.05) is 18.2 Å². The van der Waals surface area contributed by atoms with Crippen LogP contribution in [0.5, 0.6) is 0 Å². The van der Waals surface area contributed by atoms with E-state index in [2.05, 4.69) is 5.32 Å². The van der Waals surface area contributed by atoms with Crippen LogP contribution in [0.25, 0.3) is 0 Å². The Kier molecular flexibility index (Phi) is 5.05. The Labute approximate surface area is 111 Å². The highest BCUT2D eigenvalue weighted by molar-refractivity contribution is 5.96. The van der Waals surface area contributed by atoms with E-state index in [9.17, 15) is 14.4 Å². The SMILES string of the molecule is CC(C(=O)O)N(C)C(=O)CNC(=O)c1ccccc1. The molecule has 1 rings (SSSR count). The first-order valence-electron chi connectivity index (χ1n) is 5.75. The maximum Gasteiger partial charge on any atom is 0.326 e. The molecular formula is C13H16N2O4. The summed E-state index contributed by atoms with van der Waals surface area (Å²) in [5, 5.41) is 11.2. The summed E-state index contributed by atoms with van der Waals surface area (Å²) in [4.78, 5) is 35.2. The largest absolute Gasteiger partial charge is 0.480 e. The van der Waals surface area contributed by atoms with Gasteiger partial charge in [0.1, 0.15) is 6.04 Å². The number of nitrogens with one attached hydrogen (secondary N) is 1. The smallest absolute Gasteiger partial charge is 0.326 e. The number of aliphatic carboxylic acids is 1. The van der Waals surface area contributed by atoms with Gasteiger partial charge in [0, 0.05) is 12.6 Å². The van der Waals surface area contributed by atoms with Gasteiger partial charge in [0.05, 0.1) is 6.54 Å². The lowest BCUT2D eigenvalue weighted by Crippen LogP contribution is -2.45. The standard InChI is InChI=1S/C13H16N2O4/c1-9(13(18)19)15(2)11(16)8-14-12(17)10-6-4-3-5-7-10/h3-7,9H,8H2,1-2H3,(H,14,17)(H,18,19). The molecule has 2 amide bonds. The number of amides is 2. The van der Waals surface area contributed by atoms with Gasteiger partial charge < -0.3 is 15.3 Å². The lowest BCUT2D eigenvalue weighted by Gasteiger charge is -2.21. The zero-order valence-electron chi connectivity index (χ0n) is 10.8. The molecule has 0 radical (unpaired) electrons. The maximum atomic E-state index is 11.7. The molecule has 1 unspecified atom stereocenters. The molecule has 2 N–H and O–H groups in total. The lowest BCUT2D eigenvalue weighted by molar-refractivity contribution is -0.147. The van der Waals surface area contributed by atoms with Crippen LogP contribution in [0.1, 0.15) is 17.3 Å². The molecule has 1 aromatic carbocycles. The number of hydrogen-bond donors (Lipinski definition) is 2. The van der Waals surface area contributed by atoms with Gasteiger partial charge in [0.25, 0.3) is 5.91 Å². The second kappa shape index (κ2) is 6.53. The van der Waals surface area contributed by atoms with Crippen LogP contribution in [0.3, 0.4) is 0 Å². The minimum absolute atomic E-state index is 0.234. The molecule has 102 valence electrons. The van der Waals surface area contributed by atoms with E-state index >= 15 is 0 Å². The lowest BCUT2D eigenvalue weighted by atomic mass is 10.2. The first-order valence-corrected chi connectivity index (χ1v) is 5.75. The third-order valence-corrected chi connectivity index (χ3v) is 2.77. The Morgan fingerprint density at radius 2 is 1.84 bits per heavy atom. The van der Waals surface area contributed by atoms with Gasteiger partial charge in [-0.15, -0.1) is 0 Å². The van der Waals surface area contributed by atoms with Crippen molar-refractivity contribution in [1.29, 1.82) is 0 Å². The van der Waals surface area contributed by atoms with Crippen molar-refractivity contribution in [1.82, 2.24) is 10.2 Å². The van der Waals surface area contributed by atoms with Crippen molar-refractivity contribution in [2.45, 2.75) is 13.0 Å². The molecule has 6 heteroatoms. The Hall–Kier alpha value is -2.37. The highest BCUT2D eigenvalue weighted by Gasteiger charge is 2.21. The van der Waals surface area contributed by atoms with Gasteiger partial charge in [0.2, 0.25) is 5.91 Å². The summed E-state index contributed by atoms with van der Waals surface area (Å²) in [6.07, 6.45) is 0. The molecule has 1 aromatic rings. The zero-order chi connectivity index (χ0) is 14.4. The van der Waals surface area contributed by atoms with Crippen LogP contribution in [-0.2, 0) is 9.59 Å². The van der Waals surface area contributed by atoms with Gasteiger partial charge in [-0.3, -0.25) is 9.59 Å². The first-order chi connectivity index (χ1) is 8.93. The van der Waals surface area contributed by atoms with E-state index in [0.717, 1.165) is 4.90 Å². The van der Waals surface area contributed by atoms with E-state index in [1.54, 1.807) is 30.3 Å². The predicted octanol–water partition coefficient (Wildman–Crippen LogP) is 0.348. The van der Waals surface area contributed by atoms with Gasteiger partial charge in [-0.25, -0.2) is 4.79 Å². The van der Waals surface area contributed by atoms with Gasteiger partial charge >= 0.3 is 5.97 Å². The Bertz CT molecular complexity index is 473. The quantitative estimate of drug-likeness (QED) is 0.803. The van der Waals surface area contributed by atoms with Crippen molar-refractivity contribution < 1.29 is 19.5 Å². The summed E-state index contributed by atoms with van der Waals surface area (Å²) in [5.74, 6) is -1.92. The normalized spacial score (nSPS) is 11.5. The summed E-state index contributed by atoms with van der Waals surface area (Å²) >= 11 is 0. The summed E-state index contributed by atoms with van der Waals surface area (Å²) in [7, 11) is 1.38. The van der Waals surface area contributed by atoms with E-state index < -0.39 is 17.9 Å². The minimum atomic E-state index is -1.09. The molecule has 0 saturated heterocycles. The highest BCUT2D eigenvalue weighted by atomic mass is 16.4. The fourth-order valence-corrected chi connectivity index (χ4v) is 1.35. The Balaban J connectivity index is 2.51. The molecule has 19 heavy (non-hydrogen) atoms. The summed E-state index contributed by atoms with van der Waals surface area (Å²) in [6.45, 7) is 1.17. The van der Waals surface area contributed by atoms with Crippen LogP contribution < -0.4 is 5.32 Å². The summed E-state index contributed by atoms with van der Waals surface area (Å²) in [5.41, 5.74) is 0.448. The number of carboxylic acid groups (broad SMARTS) is 1. The van der Waals surface area contributed by atoms with E-state index in [1.807, 2.05) is 0 Å². The average molecular weight is 264 g/mol. The number of rotatable bonds is 5. The molecule has 0 aliphatic rings. The Morgan fingerprint density at radius 3 is 2.37 bits per heavy atom. The van der Waals surface area contributed by atoms with Crippen LogP contribution >= 0.6 is 0 Å². The molecule has 0 aromatic heterocycles. The number of carbonyl (C=O) groups excluding carboxylic acids is 2. The van der Waals surface area contributed by atoms with Gasteiger partial charge in [-0.2, -0.15) is 0 Å². The number of hydrogen-bond acceptors (Lipinski definition) is 3. The molecular weight excluding hydrogens is 248 g/mol. The molecule has 0 aliphatic carbocycles. The monoisotopic (exact) mass is 264 g/mol. The van der Waals surface area contributed by atoms with Crippen molar-refractivity contribution >= 4 is 17.8 Å². The third kappa shape index (κ3) is 4.09. The van der Waals surface area contributed by atoms with Crippen LogP contribution in [-0.4, -0.2) is 47.4 Å². The van der Waals surface area contributed by atoms with Crippen molar-refractivity contribution in [2.24, 2.45) is 0 Å². The third-order valence-electron chi connectivity index (χ3n) is 2.77. The molecule has 0 spiro atoms. The second-order valence-electron chi connectivity index (χ2n) is 4.07. The minimum Gasteiger partial charge on any atom is -0.480 e. The number of carboxylic acids is 1. The maximum absolute atomic E-state index is 11.7. The number of benzene rings is 1. The van der Waals surface area contributed by atoms with Crippen LogP contribution in [0.4, 0.5) is 0 Å². The van der Waals surface area contributed by atoms with Gasteiger partial charge in [-0.05, 0) is 19.1 Å². The van der Waals surface area contributed by atoms with Gasteiger partial charge in [0.15, 0.2) is 0 Å². The summed E-state index contributed by atoms with van der Waals surface area (Å²) in [6, 6.07) is 7.54. The van der Waals surface area contributed by atoms with Crippen LogP contribution in [0.2, 0.25) is 0 Å². The topological polar surface area (TPSA) is 86.7 Å². The van der Waals surface area contributed by atoms with Crippen molar-refractivity contribution in [3.63, 3.8) is 0 Å². The van der Waals surface area contributed by atoms with E-state index in [-0.39, 0.29) is 12.5 Å². The summed E-state index contributed by atoms with van der Waals surface area (Å²) < 4.78 is 0. The molecule has 0 bridgehead atoms. The predicted molar refractivity (Wildman–Crippen MR) is 68.6 cm³/mol. The molecule has 0 aliphatic heterocycles. The zero-order valence-corrected chi connectivity index (χ0v) is 10.8. The Morgan fingerprint density at radius 1 is 1.26 bits per heavy atom. The number of likely N-dealkylation sites (N-methyl/N-ethyl adjacent to an activating group) is 1. The molecule has 1 atom stereocenters. The van der Waals surface area contributed by atoms with Crippen LogP contribution in [0, 0.1) is 0 Å². The first kappa shape index (κ1) is 14.7. The van der Waals surface area contributed by atoms with E-state index in [1.165, 1.54) is 14.0 Å². The highest BCUT2D eigenvalue weighted by Crippen LogP contribution is 1.99. The number of carbonyl (C=O) groups is 3. The van der Waals surface area contributed by atoms with E-state index in [0.29, 0.717) is 5.56 Å². The fraction of sp³-hybridized carbons (Fsp3) is 0.308. The second-order valence-corrected chi connectivity index (χ2v) is 4.07. The molecule has 0 saturated carbocycles. The fourth-order valence-electron chi connectivity index (χ4n) is 1.35. The molecule has 0 heterocycles. The van der Waals surface area contributed by atoms with Crippen LogP contribution in [0.15, 0.2) is 30.3 Å². The van der Waals surface area contributed by atoms with Crippen molar-refractivity contribution in [3.8, 4) is 0 Å². The molecule has 6 nitrogen and oxygen atoms in total. The van der Waals surface area contributed by atoms with Crippen molar-refractivity contribution in [2.75, 3.05) is 13.6 Å². The van der Waals surface area contributed by atoms with E-state index in [4.69, 9.17) is 5.11 Å². The average Bonchev–Trinajstić information content (AvgIpc) is 2.43. The molecule has 0 fully saturated rings. The van der Waals surface area contributed by atoms with Crippen molar-refractivity contribution in [3.05, 3.63) is 35.9 Å². The number of nitrogens with zero attached hydrogens (tertiary/aromatic N) is 1.